The second kappa shape index (κ2) is 16.5. The Hall–Kier alpha value is -2.16. The van der Waals surface area contributed by atoms with Gasteiger partial charge in [-0.15, -0.1) is 0 Å². The zero-order valence-corrected chi connectivity index (χ0v) is 18.3. The maximum atomic E-state index is 5.62. The van der Waals surface area contributed by atoms with Crippen LogP contribution in [0.1, 0.15) is 11.1 Å². The molecule has 0 radical (unpaired) electrons. The Bertz CT molecular complexity index is 620. The Morgan fingerprint density at radius 3 is 1.16 bits per heavy atom. The number of rotatable bonds is 18. The lowest BCUT2D eigenvalue weighted by molar-refractivity contribution is 0.0156. The van der Waals surface area contributed by atoms with E-state index in [2.05, 4.69) is 0 Å². The van der Waals surface area contributed by atoms with Crippen LogP contribution in [0.4, 0.5) is 0 Å². The molecule has 2 aromatic carbocycles. The van der Waals surface area contributed by atoms with E-state index >= 15 is 0 Å². The lowest BCUT2D eigenvalue weighted by atomic mass is 10.1. The smallest absolute Gasteiger partial charge is 0.119 e. The van der Waals surface area contributed by atoms with Gasteiger partial charge in [-0.1, -0.05) is 24.3 Å². The van der Waals surface area contributed by atoms with Crippen LogP contribution in [0.2, 0.25) is 0 Å². The fourth-order valence-corrected chi connectivity index (χ4v) is 2.78. The molecule has 4 N–H and O–H groups in total. The lowest BCUT2D eigenvalue weighted by Crippen LogP contribution is -2.11. The van der Waals surface area contributed by atoms with Crippen molar-refractivity contribution in [1.82, 2.24) is 0 Å². The van der Waals surface area contributed by atoms with E-state index in [4.69, 9.17) is 35.2 Å². The molecular formula is C24H36N2O5. The third kappa shape index (κ3) is 11.7. The van der Waals surface area contributed by atoms with E-state index < -0.39 is 0 Å². The van der Waals surface area contributed by atoms with Crippen molar-refractivity contribution >= 4 is 0 Å². The number of hydrogen-bond acceptors (Lipinski definition) is 7. The van der Waals surface area contributed by atoms with Gasteiger partial charge in [-0.05, 0) is 48.2 Å². The first-order chi connectivity index (χ1) is 15.3. The highest BCUT2D eigenvalue weighted by molar-refractivity contribution is 5.28. The van der Waals surface area contributed by atoms with Gasteiger partial charge in [-0.25, -0.2) is 0 Å². The Morgan fingerprint density at radius 1 is 0.452 bits per heavy atom. The van der Waals surface area contributed by atoms with Gasteiger partial charge < -0.3 is 35.2 Å². The van der Waals surface area contributed by atoms with Crippen LogP contribution in [0.3, 0.4) is 0 Å². The molecule has 0 aliphatic rings. The van der Waals surface area contributed by atoms with E-state index in [9.17, 15) is 0 Å². The van der Waals surface area contributed by atoms with Crippen molar-refractivity contribution in [3.63, 3.8) is 0 Å². The summed E-state index contributed by atoms with van der Waals surface area (Å²) in [7, 11) is 0. The van der Waals surface area contributed by atoms with Crippen molar-refractivity contribution < 1.29 is 23.7 Å². The Balaban J connectivity index is 1.39. The predicted molar refractivity (Wildman–Crippen MR) is 122 cm³/mol. The maximum absolute atomic E-state index is 5.62. The summed E-state index contributed by atoms with van der Waals surface area (Å²) in [6.07, 6.45) is 1.72. The molecule has 0 aliphatic carbocycles. The highest BCUT2D eigenvalue weighted by Crippen LogP contribution is 2.13. The minimum atomic E-state index is 0.518. The molecule has 172 valence electrons. The molecule has 7 nitrogen and oxygen atoms in total. The summed E-state index contributed by atoms with van der Waals surface area (Å²) in [5.41, 5.74) is 13.3. The highest BCUT2D eigenvalue weighted by Gasteiger charge is 1.98. The quantitative estimate of drug-likeness (QED) is 0.349. The van der Waals surface area contributed by atoms with Gasteiger partial charge in [0, 0.05) is 13.1 Å². The number of nitrogens with two attached hydrogens (primary N) is 2. The van der Waals surface area contributed by atoms with Crippen LogP contribution in [0, 0.1) is 0 Å². The van der Waals surface area contributed by atoms with E-state index in [1.54, 1.807) is 0 Å². The molecule has 31 heavy (non-hydrogen) atoms. The van der Waals surface area contributed by atoms with Crippen molar-refractivity contribution in [2.75, 3.05) is 65.9 Å². The fraction of sp³-hybridized carbons (Fsp3) is 0.500. The SMILES string of the molecule is NCCOc1ccc(CCOCCOCCOCCc2ccc(OCCN)cc2)cc1. The second-order valence-electron chi connectivity index (χ2n) is 6.90. The van der Waals surface area contributed by atoms with Gasteiger partial charge >= 0.3 is 0 Å². The largest absolute Gasteiger partial charge is 0.492 e. The standard InChI is InChI=1S/C24H36N2O5/c25-11-15-30-23-5-1-21(2-6-23)9-13-27-17-19-29-20-18-28-14-10-22-3-7-24(8-4-22)31-16-12-26/h1-8H,9-20,25-26H2. The molecule has 0 aromatic heterocycles. The molecule has 0 heterocycles. The first kappa shape index (κ1) is 25.1. The molecule has 0 unspecified atom stereocenters. The van der Waals surface area contributed by atoms with Crippen molar-refractivity contribution in [3.05, 3.63) is 59.7 Å². The minimum absolute atomic E-state index is 0.518. The first-order valence-corrected chi connectivity index (χ1v) is 10.9. The van der Waals surface area contributed by atoms with Crippen LogP contribution < -0.4 is 20.9 Å². The molecule has 0 fully saturated rings. The molecule has 0 bridgehead atoms. The van der Waals surface area contributed by atoms with Crippen LogP contribution in [0.15, 0.2) is 48.5 Å². The molecule has 0 saturated carbocycles. The lowest BCUT2D eigenvalue weighted by Gasteiger charge is -2.08. The third-order valence-corrected chi connectivity index (χ3v) is 4.43. The molecule has 7 heteroatoms. The average Bonchev–Trinajstić information content (AvgIpc) is 2.81. The van der Waals surface area contributed by atoms with E-state index in [0.29, 0.717) is 65.9 Å². The summed E-state index contributed by atoms with van der Waals surface area (Å²) in [6.45, 7) is 5.73. The number of hydrogen-bond donors (Lipinski definition) is 2. The van der Waals surface area contributed by atoms with Gasteiger partial charge in [0.15, 0.2) is 0 Å². The Labute approximate surface area is 185 Å². The molecule has 0 amide bonds. The van der Waals surface area contributed by atoms with Crippen LogP contribution >= 0.6 is 0 Å². The van der Waals surface area contributed by atoms with E-state index in [1.807, 2.05) is 48.5 Å². The van der Waals surface area contributed by atoms with E-state index in [1.165, 1.54) is 11.1 Å². The summed E-state index contributed by atoms with van der Waals surface area (Å²) in [4.78, 5) is 0. The van der Waals surface area contributed by atoms with Crippen molar-refractivity contribution in [2.24, 2.45) is 11.5 Å². The zero-order valence-electron chi connectivity index (χ0n) is 18.3. The normalized spacial score (nSPS) is 10.9. The monoisotopic (exact) mass is 432 g/mol. The van der Waals surface area contributed by atoms with Crippen LogP contribution in [0.5, 0.6) is 11.5 Å². The summed E-state index contributed by atoms with van der Waals surface area (Å²) in [6, 6.07) is 16.0. The summed E-state index contributed by atoms with van der Waals surface area (Å²) in [5, 5.41) is 0. The third-order valence-electron chi connectivity index (χ3n) is 4.43. The molecule has 2 rings (SSSR count). The van der Waals surface area contributed by atoms with Crippen molar-refractivity contribution in [3.8, 4) is 11.5 Å². The van der Waals surface area contributed by atoms with Gasteiger partial charge in [-0.2, -0.15) is 0 Å². The van der Waals surface area contributed by atoms with Crippen LogP contribution in [-0.4, -0.2) is 65.9 Å². The van der Waals surface area contributed by atoms with Gasteiger partial charge in [0.1, 0.15) is 24.7 Å². The average molecular weight is 433 g/mol. The maximum Gasteiger partial charge on any atom is 0.119 e. The number of ether oxygens (including phenoxy) is 5. The number of benzene rings is 2. The van der Waals surface area contributed by atoms with Crippen LogP contribution in [-0.2, 0) is 27.1 Å². The first-order valence-electron chi connectivity index (χ1n) is 10.9. The Morgan fingerprint density at radius 2 is 0.806 bits per heavy atom. The fourth-order valence-electron chi connectivity index (χ4n) is 2.78. The second-order valence-corrected chi connectivity index (χ2v) is 6.90. The Kier molecular flexibility index (Phi) is 13.4. The molecule has 0 atom stereocenters. The van der Waals surface area contributed by atoms with Gasteiger partial charge in [-0.3, -0.25) is 0 Å². The van der Waals surface area contributed by atoms with Gasteiger partial charge in [0.05, 0.1) is 39.6 Å². The summed E-state index contributed by atoms with van der Waals surface area (Å²) in [5.74, 6) is 1.69. The molecule has 0 saturated heterocycles. The van der Waals surface area contributed by atoms with Gasteiger partial charge in [0.25, 0.3) is 0 Å². The van der Waals surface area contributed by atoms with Crippen LogP contribution in [0.25, 0.3) is 0 Å². The minimum Gasteiger partial charge on any atom is -0.492 e. The zero-order chi connectivity index (χ0) is 22.0. The van der Waals surface area contributed by atoms with Gasteiger partial charge in [0.2, 0.25) is 0 Å². The van der Waals surface area contributed by atoms with Crippen molar-refractivity contribution in [2.45, 2.75) is 12.8 Å². The predicted octanol–water partition coefficient (Wildman–Crippen LogP) is 2.20. The summed E-state index contributed by atoms with van der Waals surface area (Å²) >= 11 is 0. The molecule has 0 aliphatic heterocycles. The molecule has 2 aromatic rings. The van der Waals surface area contributed by atoms with E-state index in [-0.39, 0.29) is 0 Å². The molecule has 0 spiro atoms. The topological polar surface area (TPSA) is 98.2 Å². The summed E-state index contributed by atoms with van der Waals surface area (Å²) < 4.78 is 27.7. The van der Waals surface area contributed by atoms with Crippen molar-refractivity contribution in [1.29, 1.82) is 0 Å². The molecular weight excluding hydrogens is 396 g/mol. The highest BCUT2D eigenvalue weighted by atomic mass is 16.5. The van der Waals surface area contributed by atoms with E-state index in [0.717, 1.165) is 24.3 Å².